The van der Waals surface area contributed by atoms with E-state index in [1.54, 1.807) is 13.8 Å². The van der Waals surface area contributed by atoms with Crippen LogP contribution in [0.3, 0.4) is 0 Å². The van der Waals surface area contributed by atoms with Gasteiger partial charge >= 0.3 is 17.9 Å². The van der Waals surface area contributed by atoms with Crippen LogP contribution in [0.4, 0.5) is 0 Å². The third-order valence-corrected chi connectivity index (χ3v) is 2.21. The molecule has 0 spiro atoms. The summed E-state index contributed by atoms with van der Waals surface area (Å²) < 4.78 is 9.61. The zero-order chi connectivity index (χ0) is 14.8. The van der Waals surface area contributed by atoms with Crippen molar-refractivity contribution in [3.8, 4) is 0 Å². The SMILES string of the molecule is CCOCC/C(C(=O)O)=C(/CC(=O)OCC)C(=O)O. The Labute approximate surface area is 110 Å². The van der Waals surface area contributed by atoms with Crippen molar-refractivity contribution >= 4 is 17.9 Å². The van der Waals surface area contributed by atoms with E-state index in [-0.39, 0.29) is 25.2 Å². The molecular formula is C12H18O7. The second kappa shape index (κ2) is 9.09. The van der Waals surface area contributed by atoms with Crippen molar-refractivity contribution in [3.63, 3.8) is 0 Å². The van der Waals surface area contributed by atoms with Gasteiger partial charge in [-0.25, -0.2) is 9.59 Å². The molecule has 108 valence electrons. The van der Waals surface area contributed by atoms with E-state index >= 15 is 0 Å². The van der Waals surface area contributed by atoms with Crippen molar-refractivity contribution in [2.45, 2.75) is 26.7 Å². The van der Waals surface area contributed by atoms with Gasteiger partial charge in [-0.3, -0.25) is 4.79 Å². The van der Waals surface area contributed by atoms with Gasteiger partial charge in [0.05, 0.1) is 30.8 Å². The number of carbonyl (C=O) groups excluding carboxylic acids is 1. The lowest BCUT2D eigenvalue weighted by Crippen LogP contribution is -2.17. The molecule has 7 heteroatoms. The molecule has 0 heterocycles. The number of carboxylic acid groups (broad SMARTS) is 2. The smallest absolute Gasteiger partial charge is 0.332 e. The highest BCUT2D eigenvalue weighted by atomic mass is 16.5. The molecule has 2 N–H and O–H groups in total. The summed E-state index contributed by atoms with van der Waals surface area (Å²) in [5, 5.41) is 18.0. The normalized spacial score (nSPS) is 11.7. The first-order valence-corrected chi connectivity index (χ1v) is 5.85. The summed E-state index contributed by atoms with van der Waals surface area (Å²) in [4.78, 5) is 33.4. The Balaban J connectivity index is 5.08. The van der Waals surface area contributed by atoms with Crippen molar-refractivity contribution in [3.05, 3.63) is 11.1 Å². The van der Waals surface area contributed by atoms with Crippen molar-refractivity contribution in [1.82, 2.24) is 0 Å². The highest BCUT2D eigenvalue weighted by Crippen LogP contribution is 2.15. The second-order valence-corrected chi connectivity index (χ2v) is 3.50. The average Bonchev–Trinajstić information content (AvgIpc) is 2.32. The standard InChI is InChI=1S/C12H18O7/c1-3-18-6-5-8(11(14)15)9(12(16)17)7-10(13)19-4-2/h3-7H2,1-2H3,(H,14,15)(H,16,17)/b9-8+. The van der Waals surface area contributed by atoms with Gasteiger partial charge in [0.1, 0.15) is 0 Å². The number of ether oxygens (including phenoxy) is 2. The molecule has 0 bridgehead atoms. The van der Waals surface area contributed by atoms with Crippen LogP contribution in [0.5, 0.6) is 0 Å². The van der Waals surface area contributed by atoms with Gasteiger partial charge in [0, 0.05) is 13.0 Å². The monoisotopic (exact) mass is 274 g/mol. The van der Waals surface area contributed by atoms with E-state index in [0.717, 1.165) is 0 Å². The first kappa shape index (κ1) is 17.1. The topological polar surface area (TPSA) is 110 Å². The summed E-state index contributed by atoms with van der Waals surface area (Å²) in [7, 11) is 0. The predicted octanol–water partition coefficient (Wildman–Crippen LogP) is 0.832. The van der Waals surface area contributed by atoms with Gasteiger partial charge in [-0.1, -0.05) is 0 Å². The lowest BCUT2D eigenvalue weighted by atomic mass is 10.0. The highest BCUT2D eigenvalue weighted by molar-refractivity contribution is 6.01. The quantitative estimate of drug-likeness (QED) is 0.364. The van der Waals surface area contributed by atoms with Crippen molar-refractivity contribution < 1.29 is 34.1 Å². The Hall–Kier alpha value is -1.89. The zero-order valence-electron chi connectivity index (χ0n) is 11.0. The second-order valence-electron chi connectivity index (χ2n) is 3.50. The van der Waals surface area contributed by atoms with Crippen molar-refractivity contribution in [1.29, 1.82) is 0 Å². The van der Waals surface area contributed by atoms with Gasteiger partial charge in [0.15, 0.2) is 0 Å². The fraction of sp³-hybridized carbons (Fsp3) is 0.583. The average molecular weight is 274 g/mol. The number of esters is 1. The minimum Gasteiger partial charge on any atom is -0.478 e. The molecule has 0 aliphatic carbocycles. The molecule has 0 fully saturated rings. The van der Waals surface area contributed by atoms with E-state index in [4.69, 9.17) is 14.9 Å². The van der Waals surface area contributed by atoms with E-state index in [2.05, 4.69) is 4.74 Å². The highest BCUT2D eigenvalue weighted by Gasteiger charge is 2.23. The van der Waals surface area contributed by atoms with Crippen LogP contribution in [0.15, 0.2) is 11.1 Å². The Kier molecular flexibility index (Phi) is 8.19. The molecule has 0 aromatic heterocycles. The third kappa shape index (κ3) is 6.56. The fourth-order valence-corrected chi connectivity index (χ4v) is 1.37. The van der Waals surface area contributed by atoms with E-state index in [1.165, 1.54) is 0 Å². The molecule has 0 aliphatic rings. The maximum Gasteiger partial charge on any atom is 0.332 e. The van der Waals surface area contributed by atoms with Gasteiger partial charge in [-0.2, -0.15) is 0 Å². The Bertz CT molecular complexity index is 370. The van der Waals surface area contributed by atoms with Crippen molar-refractivity contribution in [2.75, 3.05) is 19.8 Å². The van der Waals surface area contributed by atoms with Gasteiger partial charge in [0.2, 0.25) is 0 Å². The molecule has 0 unspecified atom stereocenters. The van der Waals surface area contributed by atoms with E-state index in [9.17, 15) is 14.4 Å². The van der Waals surface area contributed by atoms with Crippen LogP contribution in [-0.4, -0.2) is 47.9 Å². The molecule has 0 aromatic rings. The number of hydrogen-bond acceptors (Lipinski definition) is 5. The van der Waals surface area contributed by atoms with Gasteiger partial charge in [-0.05, 0) is 13.8 Å². The van der Waals surface area contributed by atoms with E-state index < -0.39 is 29.9 Å². The summed E-state index contributed by atoms with van der Waals surface area (Å²) in [6, 6.07) is 0. The molecule has 19 heavy (non-hydrogen) atoms. The lowest BCUT2D eigenvalue weighted by Gasteiger charge is -2.09. The number of carboxylic acids is 2. The van der Waals surface area contributed by atoms with E-state index in [1.807, 2.05) is 0 Å². The summed E-state index contributed by atoms with van der Waals surface area (Å²) in [6.45, 7) is 3.90. The zero-order valence-corrected chi connectivity index (χ0v) is 11.0. The molecule has 0 aromatic carbocycles. The van der Waals surface area contributed by atoms with Crippen LogP contribution in [0, 0.1) is 0 Å². The summed E-state index contributed by atoms with van der Waals surface area (Å²) in [5.41, 5.74) is -0.806. The number of carbonyl (C=O) groups is 3. The Morgan fingerprint density at radius 3 is 1.95 bits per heavy atom. The molecule has 0 aliphatic heterocycles. The minimum atomic E-state index is -1.44. The van der Waals surface area contributed by atoms with Crippen LogP contribution in [0.1, 0.15) is 26.7 Å². The fourth-order valence-electron chi connectivity index (χ4n) is 1.37. The Morgan fingerprint density at radius 2 is 1.53 bits per heavy atom. The van der Waals surface area contributed by atoms with Crippen LogP contribution in [-0.2, 0) is 23.9 Å². The molecule has 0 saturated carbocycles. The molecule has 0 saturated heterocycles. The molecule has 0 rings (SSSR count). The van der Waals surface area contributed by atoms with Crippen LogP contribution >= 0.6 is 0 Å². The maximum absolute atomic E-state index is 11.3. The van der Waals surface area contributed by atoms with Gasteiger partial charge < -0.3 is 19.7 Å². The first-order chi connectivity index (χ1) is 8.93. The predicted molar refractivity (Wildman–Crippen MR) is 64.7 cm³/mol. The van der Waals surface area contributed by atoms with Crippen LogP contribution < -0.4 is 0 Å². The van der Waals surface area contributed by atoms with E-state index in [0.29, 0.717) is 6.61 Å². The Morgan fingerprint density at radius 1 is 0.947 bits per heavy atom. The summed E-state index contributed by atoms with van der Waals surface area (Å²) in [5.74, 6) is -3.58. The number of aliphatic carboxylic acids is 2. The molecule has 0 amide bonds. The summed E-state index contributed by atoms with van der Waals surface area (Å²) in [6.07, 6.45) is -0.652. The maximum atomic E-state index is 11.3. The van der Waals surface area contributed by atoms with Crippen LogP contribution in [0.2, 0.25) is 0 Å². The van der Waals surface area contributed by atoms with Crippen molar-refractivity contribution in [2.24, 2.45) is 0 Å². The molecule has 7 nitrogen and oxygen atoms in total. The molecular weight excluding hydrogens is 256 g/mol. The number of hydrogen-bond donors (Lipinski definition) is 2. The van der Waals surface area contributed by atoms with Gasteiger partial charge in [-0.15, -0.1) is 0 Å². The lowest BCUT2D eigenvalue weighted by molar-refractivity contribution is -0.144. The number of rotatable bonds is 9. The first-order valence-electron chi connectivity index (χ1n) is 5.85. The summed E-state index contributed by atoms with van der Waals surface area (Å²) >= 11 is 0. The molecule has 0 radical (unpaired) electrons. The third-order valence-electron chi connectivity index (χ3n) is 2.21. The minimum absolute atomic E-state index is 0.0792. The largest absolute Gasteiger partial charge is 0.478 e. The molecule has 0 atom stereocenters. The van der Waals surface area contributed by atoms with Crippen LogP contribution in [0.25, 0.3) is 0 Å². The van der Waals surface area contributed by atoms with Gasteiger partial charge in [0.25, 0.3) is 0 Å².